The van der Waals surface area contributed by atoms with Crippen LogP contribution in [0.25, 0.3) is 5.76 Å². The SMILES string of the molecule is Cc1cc(/C(O)=C2/C(=O)C(=O)N(CCOC(C)C)C2c2ccco2)ccc1Br. The largest absolute Gasteiger partial charge is 0.507 e. The van der Waals surface area contributed by atoms with Gasteiger partial charge in [-0.2, -0.15) is 0 Å². The number of likely N-dealkylation sites (tertiary alicyclic amines) is 1. The number of aliphatic hydroxyl groups excluding tert-OH is 1. The maximum atomic E-state index is 12.8. The molecule has 3 rings (SSSR count). The average molecular weight is 448 g/mol. The third kappa shape index (κ3) is 3.91. The number of aliphatic hydroxyl groups is 1. The Kier molecular flexibility index (Phi) is 6.05. The van der Waals surface area contributed by atoms with Gasteiger partial charge in [-0.3, -0.25) is 9.59 Å². The molecule has 148 valence electrons. The Morgan fingerprint density at radius 1 is 1.32 bits per heavy atom. The summed E-state index contributed by atoms with van der Waals surface area (Å²) < 4.78 is 11.9. The van der Waals surface area contributed by atoms with Gasteiger partial charge < -0.3 is 19.2 Å². The number of hydrogen-bond donors (Lipinski definition) is 1. The molecule has 1 aliphatic rings. The molecule has 0 spiro atoms. The van der Waals surface area contributed by atoms with E-state index in [9.17, 15) is 14.7 Å². The second kappa shape index (κ2) is 8.32. The van der Waals surface area contributed by atoms with Crippen molar-refractivity contribution >= 4 is 33.4 Å². The first kappa shape index (κ1) is 20.4. The number of halogens is 1. The van der Waals surface area contributed by atoms with E-state index in [1.807, 2.05) is 20.8 Å². The van der Waals surface area contributed by atoms with Crippen molar-refractivity contribution in [3.63, 3.8) is 0 Å². The van der Waals surface area contributed by atoms with Gasteiger partial charge in [-0.05, 0) is 50.6 Å². The molecule has 1 aromatic heterocycles. The lowest BCUT2D eigenvalue weighted by atomic mass is 9.98. The summed E-state index contributed by atoms with van der Waals surface area (Å²) >= 11 is 3.42. The van der Waals surface area contributed by atoms with Gasteiger partial charge in [-0.15, -0.1) is 0 Å². The highest BCUT2D eigenvalue weighted by atomic mass is 79.9. The predicted octanol–water partition coefficient (Wildman–Crippen LogP) is 4.20. The van der Waals surface area contributed by atoms with Crippen LogP contribution in [0.5, 0.6) is 0 Å². The molecular weight excluding hydrogens is 426 g/mol. The fourth-order valence-corrected chi connectivity index (χ4v) is 3.43. The number of ketones is 1. The van der Waals surface area contributed by atoms with Crippen molar-refractivity contribution in [2.24, 2.45) is 0 Å². The molecule has 1 unspecified atom stereocenters. The fraction of sp³-hybridized carbons (Fsp3) is 0.333. The molecule has 0 saturated carbocycles. The molecule has 1 aromatic carbocycles. The highest BCUT2D eigenvalue weighted by Crippen LogP contribution is 2.39. The molecule has 2 heterocycles. The molecule has 1 amide bonds. The summed E-state index contributed by atoms with van der Waals surface area (Å²) in [4.78, 5) is 26.9. The van der Waals surface area contributed by atoms with Crippen molar-refractivity contribution in [3.8, 4) is 0 Å². The van der Waals surface area contributed by atoms with Crippen molar-refractivity contribution in [1.82, 2.24) is 4.90 Å². The summed E-state index contributed by atoms with van der Waals surface area (Å²) in [6.45, 7) is 6.16. The van der Waals surface area contributed by atoms with E-state index >= 15 is 0 Å². The highest BCUT2D eigenvalue weighted by molar-refractivity contribution is 9.10. The van der Waals surface area contributed by atoms with Crippen molar-refractivity contribution in [2.45, 2.75) is 32.9 Å². The Bertz CT molecular complexity index is 917. The average Bonchev–Trinajstić information content (AvgIpc) is 3.25. The maximum Gasteiger partial charge on any atom is 0.295 e. The first-order valence-corrected chi connectivity index (χ1v) is 9.80. The molecule has 1 N–H and O–H groups in total. The van der Waals surface area contributed by atoms with Crippen LogP contribution >= 0.6 is 15.9 Å². The molecule has 0 radical (unpaired) electrons. The van der Waals surface area contributed by atoms with Crippen LogP contribution < -0.4 is 0 Å². The van der Waals surface area contributed by atoms with Crippen LogP contribution in [0.2, 0.25) is 0 Å². The molecule has 7 heteroatoms. The van der Waals surface area contributed by atoms with E-state index in [4.69, 9.17) is 9.15 Å². The molecule has 28 heavy (non-hydrogen) atoms. The smallest absolute Gasteiger partial charge is 0.295 e. The monoisotopic (exact) mass is 447 g/mol. The summed E-state index contributed by atoms with van der Waals surface area (Å²) in [7, 11) is 0. The zero-order chi connectivity index (χ0) is 20.4. The van der Waals surface area contributed by atoms with E-state index in [2.05, 4.69) is 15.9 Å². The number of ether oxygens (including phenoxy) is 1. The molecule has 0 bridgehead atoms. The lowest BCUT2D eigenvalue weighted by molar-refractivity contribution is -0.140. The van der Waals surface area contributed by atoms with E-state index in [1.165, 1.54) is 11.2 Å². The second-order valence-corrected chi connectivity index (χ2v) is 7.75. The zero-order valence-corrected chi connectivity index (χ0v) is 17.5. The van der Waals surface area contributed by atoms with E-state index in [1.54, 1.807) is 30.3 Å². The van der Waals surface area contributed by atoms with Crippen LogP contribution in [0.3, 0.4) is 0 Å². The van der Waals surface area contributed by atoms with Crippen LogP contribution in [0.1, 0.15) is 36.8 Å². The molecule has 2 aromatic rings. The van der Waals surface area contributed by atoms with Crippen molar-refractivity contribution < 1.29 is 23.8 Å². The molecular formula is C21H22BrNO5. The van der Waals surface area contributed by atoms with Crippen LogP contribution in [-0.4, -0.2) is 41.0 Å². The maximum absolute atomic E-state index is 12.8. The topological polar surface area (TPSA) is 80.0 Å². The minimum atomic E-state index is -0.797. The molecule has 1 atom stereocenters. The Labute approximate surface area is 171 Å². The Balaban J connectivity index is 2.05. The van der Waals surface area contributed by atoms with Crippen LogP contribution in [0.4, 0.5) is 0 Å². The van der Waals surface area contributed by atoms with Crippen molar-refractivity contribution in [2.75, 3.05) is 13.2 Å². The lowest BCUT2D eigenvalue weighted by Gasteiger charge is -2.23. The Morgan fingerprint density at radius 2 is 2.07 bits per heavy atom. The number of rotatable bonds is 6. The molecule has 1 fully saturated rings. The number of aryl methyl sites for hydroxylation is 1. The summed E-state index contributed by atoms with van der Waals surface area (Å²) in [6.07, 6.45) is 1.48. The normalized spacial score (nSPS) is 19.0. The van der Waals surface area contributed by atoms with Crippen LogP contribution in [-0.2, 0) is 14.3 Å². The van der Waals surface area contributed by atoms with Gasteiger partial charge in [0.1, 0.15) is 17.6 Å². The fourth-order valence-electron chi connectivity index (χ4n) is 3.19. The summed E-state index contributed by atoms with van der Waals surface area (Å²) in [5.41, 5.74) is 1.39. The van der Waals surface area contributed by atoms with Crippen LogP contribution in [0, 0.1) is 6.92 Å². The third-order valence-corrected chi connectivity index (χ3v) is 5.46. The number of nitrogens with zero attached hydrogens (tertiary/aromatic N) is 1. The van der Waals surface area contributed by atoms with Crippen molar-refractivity contribution in [1.29, 1.82) is 0 Å². The molecule has 6 nitrogen and oxygen atoms in total. The Hall–Kier alpha value is -2.38. The van der Waals surface area contributed by atoms with E-state index < -0.39 is 17.7 Å². The second-order valence-electron chi connectivity index (χ2n) is 6.89. The summed E-state index contributed by atoms with van der Waals surface area (Å²) in [6, 6.07) is 7.82. The van der Waals surface area contributed by atoms with Gasteiger partial charge in [0, 0.05) is 16.6 Å². The van der Waals surface area contributed by atoms with Gasteiger partial charge in [-0.1, -0.05) is 22.0 Å². The minimum absolute atomic E-state index is 0.00428. The highest BCUT2D eigenvalue weighted by Gasteiger charge is 2.47. The van der Waals surface area contributed by atoms with Gasteiger partial charge in [0.05, 0.1) is 24.5 Å². The first-order valence-electron chi connectivity index (χ1n) is 9.01. The van der Waals surface area contributed by atoms with E-state index in [-0.39, 0.29) is 30.6 Å². The number of furan rings is 1. The number of Topliss-reactive ketones (excluding diaryl/α,β-unsaturated/α-hetero) is 1. The number of carbonyl (C=O) groups is 2. The zero-order valence-electron chi connectivity index (χ0n) is 15.9. The van der Waals surface area contributed by atoms with Gasteiger partial charge in [0.15, 0.2) is 0 Å². The van der Waals surface area contributed by atoms with Gasteiger partial charge in [0.2, 0.25) is 0 Å². The quantitative estimate of drug-likeness (QED) is 0.407. The van der Waals surface area contributed by atoms with Crippen LogP contribution in [0.15, 0.2) is 51.1 Å². The van der Waals surface area contributed by atoms with E-state index in [0.29, 0.717) is 11.3 Å². The summed E-state index contributed by atoms with van der Waals surface area (Å²) in [5.74, 6) is -1.21. The first-order chi connectivity index (χ1) is 13.3. The van der Waals surface area contributed by atoms with Gasteiger partial charge >= 0.3 is 0 Å². The number of carbonyl (C=O) groups excluding carboxylic acids is 2. The minimum Gasteiger partial charge on any atom is -0.507 e. The Morgan fingerprint density at radius 3 is 2.68 bits per heavy atom. The standard InChI is InChI=1S/C21H22BrNO5/c1-12(2)27-10-8-23-18(16-5-4-9-28-16)17(20(25)21(23)26)19(24)14-6-7-15(22)13(3)11-14/h4-7,9,11-12,18,24H,8,10H2,1-3H3/b19-17-. The summed E-state index contributed by atoms with van der Waals surface area (Å²) in [5, 5.41) is 10.9. The van der Waals surface area contributed by atoms with E-state index in [0.717, 1.165) is 10.0 Å². The third-order valence-electron chi connectivity index (χ3n) is 4.57. The van der Waals surface area contributed by atoms with Crippen molar-refractivity contribution in [3.05, 3.63) is 63.5 Å². The molecule has 1 saturated heterocycles. The number of hydrogen-bond acceptors (Lipinski definition) is 5. The predicted molar refractivity (Wildman–Crippen MR) is 108 cm³/mol. The lowest BCUT2D eigenvalue weighted by Crippen LogP contribution is -2.33. The van der Waals surface area contributed by atoms with Gasteiger partial charge in [0.25, 0.3) is 11.7 Å². The molecule has 1 aliphatic heterocycles. The number of amides is 1. The molecule has 0 aliphatic carbocycles. The van der Waals surface area contributed by atoms with Gasteiger partial charge in [-0.25, -0.2) is 0 Å². The number of benzene rings is 1.